The molecule has 0 unspecified atom stereocenters. The number of carboxylic acid groups (broad SMARTS) is 1. The maximum atomic E-state index is 13.3. The first-order valence-corrected chi connectivity index (χ1v) is 24.3. The van der Waals surface area contributed by atoms with Crippen LogP contribution in [0.4, 0.5) is 40.3 Å². The smallest absolute Gasteiger partial charge is 0.337 e. The lowest BCUT2D eigenvalue weighted by atomic mass is 10.0. The fourth-order valence-corrected chi connectivity index (χ4v) is 8.92. The molecule has 3 aromatic carbocycles. The van der Waals surface area contributed by atoms with Gasteiger partial charge in [0.1, 0.15) is 11.5 Å². The lowest BCUT2D eigenvalue weighted by Gasteiger charge is -2.34. The number of aromatic nitrogens is 6. The Balaban J connectivity index is 0.000000200. The molecule has 0 aliphatic carbocycles. The van der Waals surface area contributed by atoms with Crippen LogP contribution in [0, 0.1) is 0 Å². The number of carboxylic acids is 1. The van der Waals surface area contributed by atoms with Crippen molar-refractivity contribution < 1.29 is 24.2 Å². The van der Waals surface area contributed by atoms with Crippen LogP contribution in [-0.2, 0) is 26.9 Å². The first-order chi connectivity index (χ1) is 34.8. The van der Waals surface area contributed by atoms with Crippen LogP contribution in [0.15, 0.2) is 104 Å². The number of para-hydroxylation sites is 1. The zero-order valence-corrected chi connectivity index (χ0v) is 42.4. The van der Waals surface area contributed by atoms with Gasteiger partial charge in [0.25, 0.3) is 5.91 Å². The van der Waals surface area contributed by atoms with Crippen LogP contribution in [-0.4, -0.2) is 137 Å². The number of piperazine rings is 2. The molecule has 0 saturated carbocycles. The van der Waals surface area contributed by atoms with E-state index in [0.717, 1.165) is 116 Å². The van der Waals surface area contributed by atoms with Crippen molar-refractivity contribution in [2.24, 2.45) is 14.1 Å². The number of aryl methyl sites for hydroxylation is 4. The fourth-order valence-electron chi connectivity index (χ4n) is 8.92. The minimum atomic E-state index is -0.973. The van der Waals surface area contributed by atoms with E-state index in [1.807, 2.05) is 54.2 Å². The Morgan fingerprint density at radius 3 is 1.46 bits per heavy atom. The molecule has 376 valence electrons. The number of carbonyl (C=O) groups is 2. The number of hydrogen-bond donors (Lipinski definition) is 4. The molecule has 72 heavy (non-hydrogen) atoms. The number of ether oxygens (including phenoxy) is 2. The van der Waals surface area contributed by atoms with Crippen LogP contribution in [0.5, 0.6) is 11.5 Å². The molecule has 0 spiro atoms. The van der Waals surface area contributed by atoms with Gasteiger partial charge in [-0.3, -0.25) is 4.79 Å². The molecule has 0 radical (unpaired) electrons. The van der Waals surface area contributed by atoms with Gasteiger partial charge in [-0.15, -0.1) is 0 Å². The van der Waals surface area contributed by atoms with Gasteiger partial charge in [-0.25, -0.2) is 24.7 Å². The third-order valence-electron chi connectivity index (χ3n) is 13.2. The number of aromatic carboxylic acids is 1. The first kappa shape index (κ1) is 50.4. The van der Waals surface area contributed by atoms with Crippen LogP contribution < -0.4 is 35.2 Å². The van der Waals surface area contributed by atoms with Gasteiger partial charge >= 0.3 is 5.97 Å². The molecule has 0 atom stereocenters. The van der Waals surface area contributed by atoms with Gasteiger partial charge in [0, 0.05) is 120 Å². The molecule has 0 bridgehead atoms. The maximum absolute atomic E-state index is 13.3. The summed E-state index contributed by atoms with van der Waals surface area (Å²) < 4.78 is 15.0. The molecule has 2 fully saturated rings. The zero-order chi connectivity index (χ0) is 50.9. The first-order valence-electron chi connectivity index (χ1n) is 24.3. The minimum Gasteiger partial charge on any atom is -0.494 e. The van der Waals surface area contributed by atoms with Gasteiger partial charge in [-0.2, -0.15) is 0 Å². The number of nitrogens with one attached hydrogen (secondary N) is 3. The topological polar surface area (TPSA) is 183 Å². The fraction of sp³-hybridized carbons (Fsp3) is 0.333. The van der Waals surface area contributed by atoms with Crippen molar-refractivity contribution in [3.63, 3.8) is 0 Å². The molecule has 9 rings (SSSR count). The molecule has 18 heteroatoms. The Hall–Kier alpha value is -7.96. The molecule has 7 aromatic rings. The number of amides is 1. The normalized spacial score (nSPS) is 14.1. The number of benzene rings is 3. The second-order valence-electron chi connectivity index (χ2n) is 18.0. The lowest BCUT2D eigenvalue weighted by molar-refractivity contribution is 0.0696. The summed E-state index contributed by atoms with van der Waals surface area (Å²) in [5.41, 5.74) is 10.6. The number of methoxy groups -OCH3 is 2. The highest BCUT2D eigenvalue weighted by Gasteiger charge is 2.21. The predicted molar refractivity (Wildman–Crippen MR) is 285 cm³/mol. The van der Waals surface area contributed by atoms with Gasteiger partial charge in [0.05, 0.1) is 59.5 Å². The molecule has 4 aromatic heterocycles. The second-order valence-corrected chi connectivity index (χ2v) is 18.0. The Bertz CT molecular complexity index is 2990. The number of carbonyl (C=O) groups excluding carboxylic acids is 1. The van der Waals surface area contributed by atoms with Crippen LogP contribution >= 0.6 is 0 Å². The van der Waals surface area contributed by atoms with Crippen LogP contribution in [0.25, 0.3) is 22.8 Å². The van der Waals surface area contributed by atoms with E-state index in [1.165, 1.54) is 0 Å². The van der Waals surface area contributed by atoms with E-state index in [9.17, 15) is 14.7 Å². The van der Waals surface area contributed by atoms with Crippen molar-refractivity contribution in [1.82, 2.24) is 38.9 Å². The number of rotatable bonds is 15. The standard InChI is InChI=1S/C32H39N7O2.C22H26N6O3/c1-6-22-9-8-10-23(7-2)30(22)36-31(40)24-19-28(38(4)21-24)26-13-14-33-32(34-26)35-27-12-11-25(20-29(27)41-5)39-17-15-37(3)16-18-39;1-26-8-10-28(11-9-26)16-4-5-18(20(13-16)31-3)25-22-23-7-6-17(24-22)19-12-15(21(29)30)14-27(19)2/h8-14,19-21H,6-7,15-18H2,1-5H3,(H,36,40)(H,33,34,35);4-7,12-14H,8-11H2,1-3H3,(H,29,30)(H,23,24,25). The van der Waals surface area contributed by atoms with E-state index in [1.54, 1.807) is 56.6 Å². The van der Waals surface area contributed by atoms with Gasteiger partial charge < -0.3 is 59.3 Å². The summed E-state index contributed by atoms with van der Waals surface area (Å²) in [5.74, 6) is 1.18. The highest BCUT2D eigenvalue weighted by atomic mass is 16.5. The molecule has 1 amide bonds. The van der Waals surface area contributed by atoms with E-state index in [4.69, 9.17) is 14.5 Å². The summed E-state index contributed by atoms with van der Waals surface area (Å²) in [6, 6.07) is 25.5. The van der Waals surface area contributed by atoms with Gasteiger partial charge in [0.15, 0.2) is 0 Å². The van der Waals surface area contributed by atoms with Crippen molar-refractivity contribution in [1.29, 1.82) is 0 Å². The quantitative estimate of drug-likeness (QED) is 0.0774. The minimum absolute atomic E-state index is 0.139. The summed E-state index contributed by atoms with van der Waals surface area (Å²) >= 11 is 0. The summed E-state index contributed by atoms with van der Waals surface area (Å²) in [7, 11) is 11.3. The van der Waals surface area contributed by atoms with Crippen LogP contribution in [0.3, 0.4) is 0 Å². The Kier molecular flexibility index (Phi) is 16.0. The molecular weight excluding hydrogens is 911 g/mol. The van der Waals surface area contributed by atoms with E-state index >= 15 is 0 Å². The monoisotopic (exact) mass is 976 g/mol. The summed E-state index contributed by atoms with van der Waals surface area (Å²) in [5, 5.41) is 18.9. The molecule has 2 aliphatic rings. The number of likely N-dealkylation sites (N-methyl/N-ethyl adjacent to an activating group) is 2. The molecule has 6 heterocycles. The van der Waals surface area contributed by atoms with E-state index in [-0.39, 0.29) is 11.5 Å². The van der Waals surface area contributed by atoms with Crippen molar-refractivity contribution in [2.45, 2.75) is 26.7 Å². The van der Waals surface area contributed by atoms with E-state index in [0.29, 0.717) is 40.3 Å². The number of nitrogens with zero attached hydrogens (tertiary/aromatic N) is 10. The van der Waals surface area contributed by atoms with Gasteiger partial charge in [-0.05, 0) is 86.6 Å². The zero-order valence-electron chi connectivity index (χ0n) is 42.4. The number of anilines is 7. The lowest BCUT2D eigenvalue weighted by Crippen LogP contribution is -2.44. The van der Waals surface area contributed by atoms with Gasteiger partial charge in [-0.1, -0.05) is 32.0 Å². The van der Waals surface area contributed by atoms with Crippen molar-refractivity contribution in [2.75, 3.05) is 106 Å². The van der Waals surface area contributed by atoms with Crippen LogP contribution in [0.2, 0.25) is 0 Å². The molecular formula is C54H65N13O5. The average Bonchev–Trinajstić information content (AvgIpc) is 4.00. The average molecular weight is 976 g/mol. The summed E-state index contributed by atoms with van der Waals surface area (Å²) in [6.07, 6.45) is 8.46. The number of hydrogen-bond acceptors (Lipinski definition) is 14. The SMILES string of the molecule is CCc1cccc(CC)c1NC(=O)c1cc(-c2ccnc(Nc3ccc(N4CCN(C)CC4)cc3OC)n2)n(C)c1.COc1cc(N2CCN(C)CC2)ccc1Nc1nccc(-c2cc(C(=O)O)cn2C)n1. The molecule has 4 N–H and O–H groups in total. The highest BCUT2D eigenvalue weighted by Crippen LogP contribution is 2.34. The summed E-state index contributed by atoms with van der Waals surface area (Å²) in [4.78, 5) is 52.0. The van der Waals surface area contributed by atoms with E-state index in [2.05, 4.69) is 109 Å². The van der Waals surface area contributed by atoms with E-state index < -0.39 is 5.97 Å². The van der Waals surface area contributed by atoms with Crippen molar-refractivity contribution >= 4 is 52.2 Å². The molecule has 18 nitrogen and oxygen atoms in total. The Morgan fingerprint density at radius 1 is 0.597 bits per heavy atom. The van der Waals surface area contributed by atoms with Gasteiger partial charge in [0.2, 0.25) is 11.9 Å². The largest absolute Gasteiger partial charge is 0.494 e. The second kappa shape index (κ2) is 22.9. The molecule has 2 saturated heterocycles. The molecule has 2 aliphatic heterocycles. The Morgan fingerprint density at radius 2 is 1.04 bits per heavy atom. The summed E-state index contributed by atoms with van der Waals surface area (Å²) in [6.45, 7) is 12.3. The highest BCUT2D eigenvalue weighted by molar-refractivity contribution is 6.05. The van der Waals surface area contributed by atoms with Crippen molar-refractivity contribution in [3.8, 4) is 34.3 Å². The third-order valence-corrected chi connectivity index (χ3v) is 13.2. The predicted octanol–water partition coefficient (Wildman–Crippen LogP) is 8.05. The third kappa shape index (κ3) is 11.8. The Labute approximate surface area is 421 Å². The van der Waals surface area contributed by atoms with Crippen molar-refractivity contribution in [3.05, 3.63) is 126 Å². The maximum Gasteiger partial charge on any atom is 0.337 e. The van der Waals surface area contributed by atoms with Crippen LogP contribution in [0.1, 0.15) is 45.7 Å².